The van der Waals surface area contributed by atoms with Gasteiger partial charge in [-0.05, 0) is 54.9 Å². The number of rotatable bonds is 3. The molecule has 3 aromatic rings. The smallest absolute Gasteiger partial charge is 0.356 e. The van der Waals surface area contributed by atoms with Crippen LogP contribution in [0.1, 0.15) is 48.3 Å². The zero-order valence-corrected chi connectivity index (χ0v) is 16.9. The van der Waals surface area contributed by atoms with E-state index in [1.54, 1.807) is 18.4 Å². The summed E-state index contributed by atoms with van der Waals surface area (Å²) in [7, 11) is 1.62. The molecule has 0 aliphatic heterocycles. The first-order valence-corrected chi connectivity index (χ1v) is 10.0. The number of carboxylic acids is 1. The molecule has 4 rings (SSSR count). The molecule has 1 aliphatic carbocycles. The molecule has 0 saturated carbocycles. The molecule has 2 heterocycles. The van der Waals surface area contributed by atoms with Crippen LogP contribution in [0.15, 0.2) is 24.3 Å². The van der Waals surface area contributed by atoms with Gasteiger partial charge in [0, 0.05) is 16.1 Å². The number of hydrogen-bond donors (Lipinski definition) is 1. The maximum absolute atomic E-state index is 11.8. The third-order valence-electron chi connectivity index (χ3n) is 5.61. The molecule has 0 bridgehead atoms. The summed E-state index contributed by atoms with van der Waals surface area (Å²) in [5.41, 5.74) is 3.13. The van der Waals surface area contributed by atoms with Crippen LogP contribution < -0.4 is 4.74 Å². The van der Waals surface area contributed by atoms with Gasteiger partial charge in [0.1, 0.15) is 5.75 Å². The van der Waals surface area contributed by atoms with Crippen molar-refractivity contribution in [2.45, 2.75) is 40.0 Å². The summed E-state index contributed by atoms with van der Waals surface area (Å²) in [4.78, 5) is 18.4. The van der Waals surface area contributed by atoms with Crippen LogP contribution in [-0.4, -0.2) is 27.6 Å². The number of fused-ring (bicyclic) bond motifs is 3. The Bertz CT molecular complexity index is 1010. The summed E-state index contributed by atoms with van der Waals surface area (Å²) in [5.74, 6) is 0.391. The molecule has 1 unspecified atom stereocenters. The fraction of sp³-hybridized carbons (Fsp3) is 0.429. The number of carboxylic acid groups (broad SMARTS) is 1. The lowest BCUT2D eigenvalue weighted by Crippen LogP contribution is -2.26. The number of hydrogen-bond acceptors (Lipinski definition) is 4. The highest BCUT2D eigenvalue weighted by Gasteiger charge is 2.33. The molecule has 1 aromatic carbocycles. The molecule has 1 N–H and O–H groups in total. The zero-order valence-electron chi connectivity index (χ0n) is 16.1. The highest BCUT2D eigenvalue weighted by Crippen LogP contribution is 2.42. The van der Waals surface area contributed by atoms with Crippen molar-refractivity contribution in [2.24, 2.45) is 11.3 Å². The van der Waals surface area contributed by atoms with Gasteiger partial charge in [0.15, 0.2) is 10.7 Å². The van der Waals surface area contributed by atoms with Crippen LogP contribution in [0.5, 0.6) is 5.75 Å². The van der Waals surface area contributed by atoms with Gasteiger partial charge in [-0.3, -0.25) is 4.40 Å². The molecule has 1 atom stereocenters. The van der Waals surface area contributed by atoms with Crippen LogP contribution >= 0.6 is 11.3 Å². The summed E-state index contributed by atoms with van der Waals surface area (Å²) < 4.78 is 7.31. The van der Waals surface area contributed by atoms with Crippen molar-refractivity contribution in [3.8, 4) is 17.0 Å². The van der Waals surface area contributed by atoms with Crippen molar-refractivity contribution in [3.05, 3.63) is 40.5 Å². The molecular formula is C21H24N2O3S. The van der Waals surface area contributed by atoms with Crippen molar-refractivity contribution >= 4 is 22.3 Å². The van der Waals surface area contributed by atoms with Gasteiger partial charge < -0.3 is 9.84 Å². The monoisotopic (exact) mass is 384 g/mol. The SMILES string of the molecule is COc1ccc(-c2c(C(=O)O)nc3sc4c(n23)CCC(C(C)(C)C)C4)cc1. The predicted molar refractivity (Wildman–Crippen MR) is 107 cm³/mol. The Morgan fingerprint density at radius 2 is 2.00 bits per heavy atom. The van der Waals surface area contributed by atoms with Gasteiger partial charge in [-0.15, -0.1) is 11.3 Å². The lowest BCUT2D eigenvalue weighted by Gasteiger charge is -2.33. The molecule has 142 valence electrons. The first-order chi connectivity index (χ1) is 12.8. The molecule has 6 heteroatoms. The maximum Gasteiger partial charge on any atom is 0.356 e. The quantitative estimate of drug-likeness (QED) is 0.696. The molecule has 0 spiro atoms. The topological polar surface area (TPSA) is 63.8 Å². The van der Waals surface area contributed by atoms with E-state index in [0.717, 1.165) is 35.5 Å². The number of aromatic nitrogens is 2. The second kappa shape index (κ2) is 6.37. The number of thiazole rings is 1. The number of imidazole rings is 1. The Balaban J connectivity index is 1.88. The van der Waals surface area contributed by atoms with E-state index in [-0.39, 0.29) is 11.1 Å². The molecular weight excluding hydrogens is 360 g/mol. The van der Waals surface area contributed by atoms with Crippen molar-refractivity contribution in [3.63, 3.8) is 0 Å². The van der Waals surface area contributed by atoms with E-state index in [1.165, 1.54) is 10.6 Å². The van der Waals surface area contributed by atoms with Crippen LogP contribution in [0.3, 0.4) is 0 Å². The van der Waals surface area contributed by atoms with Gasteiger partial charge in [-0.25, -0.2) is 9.78 Å². The number of ether oxygens (including phenoxy) is 1. The average Bonchev–Trinajstić information content (AvgIpc) is 3.16. The van der Waals surface area contributed by atoms with Crippen LogP contribution in [0.25, 0.3) is 16.2 Å². The highest BCUT2D eigenvalue weighted by molar-refractivity contribution is 7.17. The molecule has 0 fully saturated rings. The van der Waals surface area contributed by atoms with Gasteiger partial charge in [0.2, 0.25) is 0 Å². The maximum atomic E-state index is 11.8. The Hall–Kier alpha value is -2.34. The van der Waals surface area contributed by atoms with Gasteiger partial charge >= 0.3 is 5.97 Å². The molecule has 0 saturated heterocycles. The van der Waals surface area contributed by atoms with E-state index < -0.39 is 5.97 Å². The average molecular weight is 385 g/mol. The summed E-state index contributed by atoms with van der Waals surface area (Å²) >= 11 is 1.64. The van der Waals surface area contributed by atoms with Crippen molar-refractivity contribution in [1.82, 2.24) is 9.38 Å². The summed E-state index contributed by atoms with van der Waals surface area (Å²) in [5, 5.41) is 9.70. The zero-order chi connectivity index (χ0) is 19.3. The summed E-state index contributed by atoms with van der Waals surface area (Å²) in [6, 6.07) is 7.52. The van der Waals surface area contributed by atoms with Gasteiger partial charge in [0.05, 0.1) is 12.8 Å². The van der Waals surface area contributed by atoms with Crippen LogP contribution in [0.4, 0.5) is 0 Å². The molecule has 0 radical (unpaired) electrons. The summed E-state index contributed by atoms with van der Waals surface area (Å²) in [6.07, 6.45) is 3.11. The van der Waals surface area contributed by atoms with Crippen LogP contribution in [-0.2, 0) is 12.8 Å². The minimum Gasteiger partial charge on any atom is -0.497 e. The third-order valence-corrected chi connectivity index (χ3v) is 6.71. The van der Waals surface area contributed by atoms with Crippen LogP contribution in [0.2, 0.25) is 0 Å². The number of carbonyl (C=O) groups is 1. The first kappa shape index (κ1) is 18.0. The second-order valence-electron chi connectivity index (χ2n) is 8.24. The Kier molecular flexibility index (Phi) is 4.26. The molecule has 27 heavy (non-hydrogen) atoms. The standard InChI is InChI=1S/C21H24N2O3S/c1-21(2,3)13-7-10-15-16(11-13)27-20-22-17(19(24)25)18(23(15)20)12-5-8-14(26-4)9-6-12/h5-6,8-9,13H,7,10-11H2,1-4H3,(H,24,25). The first-order valence-electron chi connectivity index (χ1n) is 9.20. The Labute approximate surface area is 162 Å². The largest absolute Gasteiger partial charge is 0.497 e. The van der Waals surface area contributed by atoms with E-state index in [1.807, 2.05) is 24.3 Å². The Morgan fingerprint density at radius 1 is 1.30 bits per heavy atom. The predicted octanol–water partition coefficient (Wildman–Crippen LogP) is 4.92. The normalized spacial score (nSPS) is 17.1. The minimum atomic E-state index is -0.992. The van der Waals surface area contributed by atoms with Crippen molar-refractivity contribution in [2.75, 3.05) is 7.11 Å². The fourth-order valence-electron chi connectivity index (χ4n) is 3.96. The van der Waals surface area contributed by atoms with E-state index in [4.69, 9.17) is 4.74 Å². The van der Waals surface area contributed by atoms with Gasteiger partial charge in [0.25, 0.3) is 0 Å². The minimum absolute atomic E-state index is 0.118. The lowest BCUT2D eigenvalue weighted by molar-refractivity contribution is 0.0692. The number of nitrogens with zero attached hydrogens (tertiary/aromatic N) is 2. The number of aryl methyl sites for hydroxylation is 1. The van der Waals surface area contributed by atoms with Crippen LogP contribution in [0, 0.1) is 11.3 Å². The number of aromatic carboxylic acids is 1. The number of methoxy groups -OCH3 is 1. The molecule has 0 amide bonds. The van der Waals surface area contributed by atoms with Crippen molar-refractivity contribution < 1.29 is 14.6 Å². The molecule has 5 nitrogen and oxygen atoms in total. The van der Waals surface area contributed by atoms with E-state index in [0.29, 0.717) is 11.6 Å². The second-order valence-corrected chi connectivity index (χ2v) is 9.30. The molecule has 2 aromatic heterocycles. The summed E-state index contributed by atoms with van der Waals surface area (Å²) in [6.45, 7) is 6.89. The highest BCUT2D eigenvalue weighted by atomic mass is 32.1. The van der Waals surface area contributed by atoms with E-state index >= 15 is 0 Å². The van der Waals surface area contributed by atoms with Gasteiger partial charge in [-0.2, -0.15) is 0 Å². The van der Waals surface area contributed by atoms with E-state index in [2.05, 4.69) is 30.2 Å². The van der Waals surface area contributed by atoms with E-state index in [9.17, 15) is 9.90 Å². The number of benzene rings is 1. The Morgan fingerprint density at radius 3 is 2.59 bits per heavy atom. The fourth-order valence-corrected chi connectivity index (χ4v) is 5.21. The van der Waals surface area contributed by atoms with Crippen molar-refractivity contribution in [1.29, 1.82) is 0 Å². The third kappa shape index (κ3) is 3.02. The molecule has 1 aliphatic rings. The lowest BCUT2D eigenvalue weighted by atomic mass is 9.73. The van der Waals surface area contributed by atoms with Gasteiger partial charge in [-0.1, -0.05) is 20.8 Å².